The maximum Gasteiger partial charge on any atom is 0.112 e. The summed E-state index contributed by atoms with van der Waals surface area (Å²) in [5, 5.41) is 3.48. The first-order valence-corrected chi connectivity index (χ1v) is 7.23. The van der Waals surface area contributed by atoms with Crippen LogP contribution in [0.15, 0.2) is 61.2 Å². The fraction of sp³-hybridized carbons (Fsp3) is 0.167. The summed E-state index contributed by atoms with van der Waals surface area (Å²) in [6.07, 6.45) is 3.62. The molecular weight excluding hydrogens is 258 g/mol. The molecule has 0 saturated heterocycles. The molecule has 0 spiro atoms. The second kappa shape index (κ2) is 6.27. The number of allylic oxidation sites excluding steroid dienone is 1. The van der Waals surface area contributed by atoms with Crippen LogP contribution in [-0.2, 0) is 12.8 Å². The largest absolute Gasteiger partial charge is 0.383 e. The number of H-pyrrole nitrogens is 1. The van der Waals surface area contributed by atoms with Crippen molar-refractivity contribution in [2.24, 2.45) is 0 Å². The molecule has 3 aromatic rings. The maximum absolute atomic E-state index is 4.64. The van der Waals surface area contributed by atoms with E-state index in [0.717, 1.165) is 41.9 Å². The summed E-state index contributed by atoms with van der Waals surface area (Å²) in [5.74, 6) is 0.956. The topological polar surface area (TPSA) is 40.7 Å². The van der Waals surface area contributed by atoms with E-state index in [1.54, 1.807) is 0 Å². The highest BCUT2D eigenvalue weighted by Gasteiger charge is 2.06. The minimum Gasteiger partial charge on any atom is -0.383 e. The second-order valence-corrected chi connectivity index (χ2v) is 5.04. The van der Waals surface area contributed by atoms with Crippen molar-refractivity contribution in [3.05, 3.63) is 72.6 Å². The highest BCUT2D eigenvalue weighted by Crippen LogP contribution is 2.21. The van der Waals surface area contributed by atoms with Crippen molar-refractivity contribution < 1.29 is 0 Å². The Morgan fingerprint density at radius 2 is 1.95 bits per heavy atom. The van der Waals surface area contributed by atoms with Gasteiger partial charge in [0.15, 0.2) is 0 Å². The van der Waals surface area contributed by atoms with E-state index in [9.17, 15) is 0 Å². The number of aromatic nitrogens is 2. The van der Waals surface area contributed by atoms with Gasteiger partial charge in [-0.15, -0.1) is 6.58 Å². The molecule has 21 heavy (non-hydrogen) atoms. The molecule has 2 N–H and O–H groups in total. The Morgan fingerprint density at radius 3 is 2.76 bits per heavy atom. The monoisotopic (exact) mass is 277 g/mol. The van der Waals surface area contributed by atoms with E-state index >= 15 is 0 Å². The summed E-state index contributed by atoms with van der Waals surface area (Å²) < 4.78 is 0. The van der Waals surface area contributed by atoms with Crippen molar-refractivity contribution in [2.75, 3.05) is 11.9 Å². The van der Waals surface area contributed by atoms with E-state index in [0.29, 0.717) is 0 Å². The Kier molecular flexibility index (Phi) is 4.01. The fourth-order valence-corrected chi connectivity index (χ4v) is 2.45. The van der Waals surface area contributed by atoms with Gasteiger partial charge in [0.25, 0.3) is 0 Å². The molecule has 0 aliphatic rings. The van der Waals surface area contributed by atoms with Gasteiger partial charge < -0.3 is 10.3 Å². The Bertz CT molecular complexity index is 729. The molecule has 3 heteroatoms. The molecule has 0 aliphatic carbocycles. The van der Waals surface area contributed by atoms with E-state index in [1.807, 2.05) is 18.2 Å². The minimum atomic E-state index is 0.762. The third kappa shape index (κ3) is 3.14. The van der Waals surface area contributed by atoms with Gasteiger partial charge in [-0.3, -0.25) is 0 Å². The van der Waals surface area contributed by atoms with Gasteiger partial charge in [0.05, 0.1) is 11.2 Å². The van der Waals surface area contributed by atoms with Gasteiger partial charge in [0.1, 0.15) is 11.3 Å². The molecule has 0 fully saturated rings. The van der Waals surface area contributed by atoms with Crippen molar-refractivity contribution in [3.8, 4) is 0 Å². The van der Waals surface area contributed by atoms with Gasteiger partial charge in [-0.05, 0) is 24.1 Å². The molecule has 3 nitrogen and oxygen atoms in total. The summed E-state index contributed by atoms with van der Waals surface area (Å²) in [5.41, 5.74) is 4.49. The molecule has 0 bridgehead atoms. The first-order chi connectivity index (χ1) is 10.4. The van der Waals surface area contributed by atoms with Crippen molar-refractivity contribution in [1.82, 2.24) is 9.97 Å². The van der Waals surface area contributed by atoms with Crippen LogP contribution in [0.4, 0.5) is 5.69 Å². The smallest absolute Gasteiger partial charge is 0.112 e. The predicted octanol–water partition coefficient (Wildman–Crippen LogP) is 3.95. The van der Waals surface area contributed by atoms with Gasteiger partial charge in [0.2, 0.25) is 0 Å². The summed E-state index contributed by atoms with van der Waals surface area (Å²) in [7, 11) is 0. The highest BCUT2D eigenvalue weighted by molar-refractivity contribution is 5.88. The number of nitrogens with one attached hydrogen (secondary N) is 2. The Morgan fingerprint density at radius 1 is 1.10 bits per heavy atom. The number of imidazole rings is 1. The van der Waals surface area contributed by atoms with Crippen molar-refractivity contribution in [1.29, 1.82) is 0 Å². The Hall–Kier alpha value is -2.55. The van der Waals surface area contributed by atoms with Crippen molar-refractivity contribution in [2.45, 2.75) is 12.8 Å². The number of para-hydroxylation sites is 1. The molecule has 106 valence electrons. The van der Waals surface area contributed by atoms with E-state index in [-0.39, 0.29) is 0 Å². The SMILES string of the molecule is C=CCc1nc2c(NCCc3ccccc3)cccc2[nH]1. The van der Waals surface area contributed by atoms with E-state index in [1.165, 1.54) is 5.56 Å². The highest BCUT2D eigenvalue weighted by atomic mass is 15.0. The summed E-state index contributed by atoms with van der Waals surface area (Å²) in [4.78, 5) is 7.96. The lowest BCUT2D eigenvalue weighted by Gasteiger charge is -2.07. The molecule has 1 heterocycles. The zero-order valence-electron chi connectivity index (χ0n) is 12.0. The van der Waals surface area contributed by atoms with E-state index in [4.69, 9.17) is 0 Å². The average Bonchev–Trinajstić information content (AvgIpc) is 2.92. The summed E-state index contributed by atoms with van der Waals surface area (Å²) in [6.45, 7) is 4.65. The number of aromatic amines is 1. The predicted molar refractivity (Wildman–Crippen MR) is 88.6 cm³/mol. The molecule has 1 aromatic heterocycles. The number of hydrogen-bond donors (Lipinski definition) is 2. The van der Waals surface area contributed by atoms with Crippen LogP contribution in [0.25, 0.3) is 11.0 Å². The number of rotatable bonds is 6. The molecular formula is C18H19N3. The Labute approximate surface area is 124 Å². The number of benzene rings is 2. The van der Waals surface area contributed by atoms with Gasteiger partial charge in [0, 0.05) is 13.0 Å². The van der Waals surface area contributed by atoms with Gasteiger partial charge in [-0.1, -0.05) is 42.5 Å². The van der Waals surface area contributed by atoms with Crippen LogP contribution in [0.5, 0.6) is 0 Å². The first-order valence-electron chi connectivity index (χ1n) is 7.23. The lowest BCUT2D eigenvalue weighted by molar-refractivity contribution is 1.02. The molecule has 0 radical (unpaired) electrons. The third-order valence-corrected chi connectivity index (χ3v) is 3.47. The molecule has 0 saturated carbocycles. The average molecular weight is 277 g/mol. The Balaban J connectivity index is 1.73. The van der Waals surface area contributed by atoms with Gasteiger partial charge >= 0.3 is 0 Å². The zero-order chi connectivity index (χ0) is 14.5. The summed E-state index contributed by atoms with van der Waals surface area (Å²) >= 11 is 0. The molecule has 2 aromatic carbocycles. The lowest BCUT2D eigenvalue weighted by atomic mass is 10.1. The summed E-state index contributed by atoms with van der Waals surface area (Å²) in [6, 6.07) is 16.7. The number of anilines is 1. The molecule has 3 rings (SSSR count). The maximum atomic E-state index is 4.64. The van der Waals surface area contributed by atoms with Crippen LogP contribution in [0.3, 0.4) is 0 Å². The zero-order valence-corrected chi connectivity index (χ0v) is 12.0. The number of hydrogen-bond acceptors (Lipinski definition) is 2. The van der Waals surface area contributed by atoms with Crippen LogP contribution < -0.4 is 5.32 Å². The standard InChI is InChI=1S/C18H19N3/c1-2-7-17-20-16-11-6-10-15(18(16)21-17)19-13-12-14-8-4-3-5-9-14/h2-6,8-11,19H,1,7,12-13H2,(H,20,21). The fourth-order valence-electron chi connectivity index (χ4n) is 2.45. The van der Waals surface area contributed by atoms with Crippen molar-refractivity contribution >= 4 is 16.7 Å². The molecule has 0 atom stereocenters. The van der Waals surface area contributed by atoms with Crippen molar-refractivity contribution in [3.63, 3.8) is 0 Å². The second-order valence-electron chi connectivity index (χ2n) is 5.04. The van der Waals surface area contributed by atoms with Crippen LogP contribution in [0.1, 0.15) is 11.4 Å². The lowest BCUT2D eigenvalue weighted by Crippen LogP contribution is -2.05. The van der Waals surface area contributed by atoms with Gasteiger partial charge in [-0.2, -0.15) is 0 Å². The van der Waals surface area contributed by atoms with E-state index < -0.39 is 0 Å². The van der Waals surface area contributed by atoms with Crippen LogP contribution in [-0.4, -0.2) is 16.5 Å². The quantitative estimate of drug-likeness (QED) is 0.670. The van der Waals surface area contributed by atoms with Crippen LogP contribution in [0, 0.1) is 0 Å². The first kappa shape index (κ1) is 13.4. The number of nitrogens with zero attached hydrogens (tertiary/aromatic N) is 1. The van der Waals surface area contributed by atoms with Gasteiger partial charge in [-0.25, -0.2) is 4.98 Å². The van der Waals surface area contributed by atoms with Crippen LogP contribution >= 0.6 is 0 Å². The van der Waals surface area contributed by atoms with E-state index in [2.05, 4.69) is 58.3 Å². The normalized spacial score (nSPS) is 10.7. The molecule has 0 unspecified atom stereocenters. The number of fused-ring (bicyclic) bond motifs is 1. The third-order valence-electron chi connectivity index (χ3n) is 3.47. The van der Waals surface area contributed by atoms with Crippen LogP contribution in [0.2, 0.25) is 0 Å². The molecule has 0 amide bonds. The molecule has 0 aliphatic heterocycles. The minimum absolute atomic E-state index is 0.762.